The second-order valence-corrected chi connectivity index (χ2v) is 13.2. The van der Waals surface area contributed by atoms with Gasteiger partial charge in [-0.05, 0) is 110 Å². The smallest absolute Gasteiger partial charge is 0.416 e. The van der Waals surface area contributed by atoms with Crippen molar-refractivity contribution < 1.29 is 41.0 Å². The van der Waals surface area contributed by atoms with Gasteiger partial charge in [-0.15, -0.1) is 0 Å². The Kier molecular flexibility index (Phi) is 7.75. The number of alkyl halides is 6. The van der Waals surface area contributed by atoms with Gasteiger partial charge in [0.1, 0.15) is 11.9 Å². The summed E-state index contributed by atoms with van der Waals surface area (Å²) in [7, 11) is 0. The van der Waals surface area contributed by atoms with E-state index in [-0.39, 0.29) is 35.3 Å². The summed E-state index contributed by atoms with van der Waals surface area (Å²) in [6.45, 7) is 4.34. The number of halogens is 6. The van der Waals surface area contributed by atoms with Crippen molar-refractivity contribution in [2.45, 2.75) is 82.8 Å². The maximum atomic E-state index is 13.9. The lowest BCUT2D eigenvalue weighted by Gasteiger charge is -2.45. The van der Waals surface area contributed by atoms with Gasteiger partial charge in [-0.1, -0.05) is 19.1 Å². The third-order valence-corrected chi connectivity index (χ3v) is 10.6. The molecule has 4 nitrogen and oxygen atoms in total. The summed E-state index contributed by atoms with van der Waals surface area (Å²) in [4.78, 5) is 13.7. The average molecular weight is 610 g/mol. The summed E-state index contributed by atoms with van der Waals surface area (Å²) >= 11 is 0. The number of aryl methyl sites for hydroxylation is 1. The van der Waals surface area contributed by atoms with Crippen LogP contribution in [0.25, 0.3) is 0 Å². The molecule has 3 fully saturated rings. The van der Waals surface area contributed by atoms with Crippen molar-refractivity contribution in [3.05, 3.63) is 64.2 Å². The summed E-state index contributed by atoms with van der Waals surface area (Å²) in [5, 5.41) is 9.70. The predicted octanol–water partition coefficient (Wildman–Crippen LogP) is 8.35. The number of carboxylic acids is 1. The number of hydrogen-bond donors (Lipinski definition) is 1. The predicted molar refractivity (Wildman–Crippen MR) is 148 cm³/mol. The Balaban J connectivity index is 1.20. The molecule has 2 aromatic rings. The standard InChI is InChI=1S/C33H37F6NO3/c1-17(31(41)42)29(20-4-5-20)21-6-3-19-9-12-27(43-28(19)13-21)30-22-7-8-23(30)16-40(15-22)18(2)25-14-24(32(34,35)36)10-11-26(25)33(37,38)39/h3,6,10-11,13-14,17-18,20,22-23,27,29-30H,4-5,7-9,12,15-16H2,1-2H3,(H,41,42)/t17-,18-,22+,23?,27?,29?,30?/m0/s1. The van der Waals surface area contributed by atoms with Crippen LogP contribution in [0.15, 0.2) is 36.4 Å². The molecule has 0 amide bonds. The third kappa shape index (κ3) is 5.88. The van der Waals surface area contributed by atoms with Gasteiger partial charge in [0.05, 0.1) is 17.0 Å². The number of carboxylic acid groups (broad SMARTS) is 1. The van der Waals surface area contributed by atoms with Gasteiger partial charge in [-0.25, -0.2) is 0 Å². The van der Waals surface area contributed by atoms with Gasteiger partial charge in [0, 0.05) is 25.0 Å². The second-order valence-electron chi connectivity index (χ2n) is 13.2. The van der Waals surface area contributed by atoms with Crippen molar-refractivity contribution in [2.24, 2.45) is 29.6 Å². The molecule has 0 aromatic heterocycles. The Morgan fingerprint density at radius 1 is 0.907 bits per heavy atom. The number of hydrogen-bond acceptors (Lipinski definition) is 3. The number of aliphatic carboxylic acids is 1. The molecule has 2 saturated carbocycles. The van der Waals surface area contributed by atoms with Crippen molar-refractivity contribution >= 4 is 5.97 Å². The van der Waals surface area contributed by atoms with E-state index in [1.54, 1.807) is 13.8 Å². The average Bonchev–Trinajstić information content (AvgIpc) is 3.74. The molecule has 6 rings (SSSR count). The minimum atomic E-state index is -4.76. The van der Waals surface area contributed by atoms with Crippen molar-refractivity contribution in [3.8, 4) is 5.75 Å². The quantitative estimate of drug-likeness (QED) is 0.321. The Bertz CT molecular complexity index is 1360. The van der Waals surface area contributed by atoms with E-state index in [4.69, 9.17) is 4.74 Å². The molecule has 2 bridgehead atoms. The summed E-state index contributed by atoms with van der Waals surface area (Å²) < 4.78 is 88.6. The molecule has 2 aliphatic carbocycles. The van der Waals surface area contributed by atoms with E-state index in [9.17, 15) is 36.2 Å². The SMILES string of the molecule is C[C@H](C(=O)O)C(c1ccc2c(c1)OC(C1C3CC[C@@H]1CN([C@@H](C)c1cc(C(F)(F)F)ccc1C(F)(F)F)C3)CC2)C1CC1. The van der Waals surface area contributed by atoms with Gasteiger partial charge in [0.25, 0.3) is 0 Å². The number of piperidine rings is 1. The highest BCUT2D eigenvalue weighted by atomic mass is 19.4. The molecule has 4 unspecified atom stereocenters. The fourth-order valence-corrected chi connectivity index (χ4v) is 8.23. The Morgan fingerprint density at radius 2 is 1.58 bits per heavy atom. The van der Waals surface area contributed by atoms with Crippen LogP contribution in [0.2, 0.25) is 0 Å². The topological polar surface area (TPSA) is 49.8 Å². The molecule has 2 heterocycles. The Labute approximate surface area is 247 Å². The first-order valence-corrected chi connectivity index (χ1v) is 15.3. The van der Waals surface area contributed by atoms with Crippen LogP contribution in [0.3, 0.4) is 0 Å². The number of ether oxygens (including phenoxy) is 1. The van der Waals surface area contributed by atoms with Crippen LogP contribution >= 0.6 is 0 Å². The first kappa shape index (κ1) is 30.3. The van der Waals surface area contributed by atoms with Crippen LogP contribution < -0.4 is 4.74 Å². The molecule has 234 valence electrons. The van der Waals surface area contributed by atoms with Gasteiger partial charge in [-0.2, -0.15) is 26.3 Å². The number of fused-ring (bicyclic) bond motifs is 3. The van der Waals surface area contributed by atoms with E-state index in [2.05, 4.69) is 6.07 Å². The fourth-order valence-electron chi connectivity index (χ4n) is 8.23. The van der Waals surface area contributed by atoms with Crippen molar-refractivity contribution in [2.75, 3.05) is 13.1 Å². The van der Waals surface area contributed by atoms with E-state index >= 15 is 0 Å². The number of rotatable bonds is 7. The molecule has 0 radical (unpaired) electrons. The number of benzene rings is 2. The highest BCUT2D eigenvalue weighted by Crippen LogP contribution is 2.51. The van der Waals surface area contributed by atoms with Crippen LogP contribution in [0, 0.1) is 29.6 Å². The van der Waals surface area contributed by atoms with E-state index in [1.807, 2.05) is 17.0 Å². The summed E-state index contributed by atoms with van der Waals surface area (Å²) in [5.74, 6) is 0.336. The first-order valence-electron chi connectivity index (χ1n) is 15.3. The third-order valence-electron chi connectivity index (χ3n) is 10.6. The Hall–Kier alpha value is -2.75. The minimum absolute atomic E-state index is 0.0618. The highest BCUT2D eigenvalue weighted by molar-refractivity contribution is 5.71. The van der Waals surface area contributed by atoms with Crippen LogP contribution in [-0.4, -0.2) is 35.2 Å². The van der Waals surface area contributed by atoms with E-state index in [0.29, 0.717) is 37.2 Å². The van der Waals surface area contributed by atoms with E-state index < -0.39 is 41.4 Å². The summed E-state index contributed by atoms with van der Waals surface area (Å²) in [6, 6.07) is 7.02. The van der Waals surface area contributed by atoms with Crippen molar-refractivity contribution in [1.29, 1.82) is 0 Å². The lowest BCUT2D eigenvalue weighted by molar-refractivity contribution is -0.142. The fraction of sp³-hybridized carbons (Fsp3) is 0.606. The van der Waals surface area contributed by atoms with Crippen LogP contribution in [0.5, 0.6) is 5.75 Å². The largest absolute Gasteiger partial charge is 0.490 e. The van der Waals surface area contributed by atoms with Gasteiger partial charge < -0.3 is 9.84 Å². The maximum absolute atomic E-state index is 13.9. The van der Waals surface area contributed by atoms with Gasteiger partial charge in [0.15, 0.2) is 0 Å². The van der Waals surface area contributed by atoms with Crippen LogP contribution in [0.1, 0.15) is 85.7 Å². The summed E-state index contributed by atoms with van der Waals surface area (Å²) in [5.41, 5.74) is -0.343. The zero-order valence-electron chi connectivity index (χ0n) is 24.2. The van der Waals surface area contributed by atoms with Gasteiger partial charge in [-0.3, -0.25) is 9.69 Å². The number of carbonyl (C=O) groups is 1. The van der Waals surface area contributed by atoms with E-state index in [1.165, 1.54) is 0 Å². The molecule has 4 aliphatic rings. The second kappa shape index (κ2) is 11.0. The maximum Gasteiger partial charge on any atom is 0.416 e. The molecule has 1 N–H and O–H groups in total. The molecule has 2 aromatic carbocycles. The zero-order chi connectivity index (χ0) is 30.8. The summed E-state index contributed by atoms with van der Waals surface area (Å²) in [6.07, 6.45) is -4.05. The molecule has 2 aliphatic heterocycles. The highest BCUT2D eigenvalue weighted by Gasteiger charge is 2.49. The monoisotopic (exact) mass is 609 g/mol. The molecule has 7 atom stereocenters. The lowest BCUT2D eigenvalue weighted by atomic mass is 9.77. The van der Waals surface area contributed by atoms with Gasteiger partial charge >= 0.3 is 18.3 Å². The van der Waals surface area contributed by atoms with Crippen LogP contribution in [-0.2, 0) is 23.6 Å². The normalized spacial score (nSPS) is 28.1. The number of likely N-dealkylation sites (tertiary alicyclic amines) is 1. The molecular formula is C33H37F6NO3. The molecule has 0 spiro atoms. The zero-order valence-corrected chi connectivity index (χ0v) is 24.2. The first-order chi connectivity index (χ1) is 20.2. The van der Waals surface area contributed by atoms with Gasteiger partial charge in [0.2, 0.25) is 0 Å². The van der Waals surface area contributed by atoms with Crippen LogP contribution in [0.4, 0.5) is 26.3 Å². The van der Waals surface area contributed by atoms with Crippen molar-refractivity contribution in [1.82, 2.24) is 4.90 Å². The van der Waals surface area contributed by atoms with E-state index in [0.717, 1.165) is 55.4 Å². The molecule has 1 saturated heterocycles. The lowest BCUT2D eigenvalue weighted by Crippen LogP contribution is -2.49. The molecule has 43 heavy (non-hydrogen) atoms. The number of nitrogens with zero attached hydrogens (tertiary/aromatic N) is 1. The minimum Gasteiger partial charge on any atom is -0.490 e. The molecular weight excluding hydrogens is 572 g/mol. The molecule has 10 heteroatoms. The Morgan fingerprint density at radius 3 is 2.16 bits per heavy atom. The van der Waals surface area contributed by atoms with Crippen molar-refractivity contribution in [3.63, 3.8) is 0 Å².